The van der Waals surface area contributed by atoms with Crippen molar-refractivity contribution in [2.75, 3.05) is 13.7 Å². The monoisotopic (exact) mass is 185 g/mol. The second-order valence-electron chi connectivity index (χ2n) is 4.45. The zero-order chi connectivity index (χ0) is 9.68. The Hall–Kier alpha value is -0.0800. The summed E-state index contributed by atoms with van der Waals surface area (Å²) in [6.45, 7) is 3.23. The van der Waals surface area contributed by atoms with Crippen LogP contribution >= 0.6 is 0 Å². The molecule has 78 valence electrons. The van der Waals surface area contributed by atoms with Gasteiger partial charge < -0.3 is 10.5 Å². The molecule has 1 saturated carbocycles. The minimum Gasteiger partial charge on any atom is -0.385 e. The number of hydrogen-bond donors (Lipinski definition) is 1. The van der Waals surface area contributed by atoms with E-state index in [1.54, 1.807) is 7.11 Å². The van der Waals surface area contributed by atoms with Crippen LogP contribution in [0.25, 0.3) is 0 Å². The molecule has 2 heteroatoms. The lowest BCUT2D eigenvalue weighted by Gasteiger charge is -2.31. The third-order valence-electron chi connectivity index (χ3n) is 3.34. The van der Waals surface area contributed by atoms with Crippen LogP contribution in [0.4, 0.5) is 0 Å². The molecule has 3 unspecified atom stereocenters. The zero-order valence-corrected chi connectivity index (χ0v) is 8.96. The van der Waals surface area contributed by atoms with Crippen molar-refractivity contribution in [3.8, 4) is 0 Å². The van der Waals surface area contributed by atoms with E-state index in [4.69, 9.17) is 10.5 Å². The molecule has 0 radical (unpaired) electrons. The van der Waals surface area contributed by atoms with Gasteiger partial charge in [0.2, 0.25) is 0 Å². The number of nitrogens with two attached hydrogens (primary N) is 1. The molecule has 13 heavy (non-hydrogen) atoms. The Morgan fingerprint density at radius 2 is 2.23 bits per heavy atom. The molecule has 0 aromatic carbocycles. The number of ether oxygens (including phenoxy) is 1. The van der Waals surface area contributed by atoms with E-state index in [1.165, 1.54) is 32.1 Å². The highest BCUT2D eigenvalue weighted by Gasteiger charge is 2.23. The predicted molar refractivity (Wildman–Crippen MR) is 55.6 cm³/mol. The zero-order valence-electron chi connectivity index (χ0n) is 8.96. The molecule has 1 rings (SSSR count). The van der Waals surface area contributed by atoms with Crippen molar-refractivity contribution in [3.63, 3.8) is 0 Å². The Morgan fingerprint density at radius 1 is 1.46 bits per heavy atom. The Kier molecular flexibility index (Phi) is 4.74. The summed E-state index contributed by atoms with van der Waals surface area (Å²) in [5, 5.41) is 0. The van der Waals surface area contributed by atoms with Crippen LogP contribution in [-0.2, 0) is 4.74 Å². The molecular weight excluding hydrogens is 162 g/mol. The van der Waals surface area contributed by atoms with Crippen molar-refractivity contribution in [1.82, 2.24) is 0 Å². The van der Waals surface area contributed by atoms with Gasteiger partial charge in [-0.25, -0.2) is 0 Å². The van der Waals surface area contributed by atoms with Crippen LogP contribution in [0.1, 0.15) is 39.0 Å². The molecule has 0 aromatic heterocycles. The first kappa shape index (κ1) is 11.0. The Bertz CT molecular complexity index is 138. The van der Waals surface area contributed by atoms with Crippen molar-refractivity contribution in [2.45, 2.75) is 45.1 Å². The van der Waals surface area contributed by atoms with Gasteiger partial charge in [0.15, 0.2) is 0 Å². The van der Waals surface area contributed by atoms with Crippen LogP contribution in [0.2, 0.25) is 0 Å². The molecule has 2 nitrogen and oxygen atoms in total. The van der Waals surface area contributed by atoms with Crippen molar-refractivity contribution < 1.29 is 4.74 Å². The second-order valence-corrected chi connectivity index (χ2v) is 4.45. The van der Waals surface area contributed by atoms with Crippen LogP contribution in [0, 0.1) is 11.8 Å². The summed E-state index contributed by atoms with van der Waals surface area (Å²) in [4.78, 5) is 0. The molecule has 2 N–H and O–H groups in total. The number of rotatable bonds is 4. The molecule has 0 aliphatic heterocycles. The quantitative estimate of drug-likeness (QED) is 0.728. The van der Waals surface area contributed by atoms with Gasteiger partial charge >= 0.3 is 0 Å². The highest BCUT2D eigenvalue weighted by molar-refractivity contribution is 4.78. The SMILES string of the molecule is COCCC(C)C1CCCC(N)C1. The summed E-state index contributed by atoms with van der Waals surface area (Å²) in [5.41, 5.74) is 5.96. The first-order valence-electron chi connectivity index (χ1n) is 5.48. The fourth-order valence-corrected chi connectivity index (χ4v) is 2.32. The van der Waals surface area contributed by atoms with Crippen LogP contribution < -0.4 is 5.73 Å². The lowest BCUT2D eigenvalue weighted by Crippen LogP contribution is -2.30. The molecule has 0 amide bonds. The summed E-state index contributed by atoms with van der Waals surface area (Å²) >= 11 is 0. The Morgan fingerprint density at radius 3 is 2.85 bits per heavy atom. The third-order valence-corrected chi connectivity index (χ3v) is 3.34. The highest BCUT2D eigenvalue weighted by atomic mass is 16.5. The third kappa shape index (κ3) is 3.65. The lowest BCUT2D eigenvalue weighted by molar-refractivity contribution is 0.149. The van der Waals surface area contributed by atoms with E-state index in [-0.39, 0.29) is 0 Å². The first-order valence-corrected chi connectivity index (χ1v) is 5.48. The van der Waals surface area contributed by atoms with Crippen molar-refractivity contribution in [2.24, 2.45) is 17.6 Å². The first-order chi connectivity index (χ1) is 6.24. The molecule has 0 saturated heterocycles. The summed E-state index contributed by atoms with van der Waals surface area (Å²) in [6.07, 6.45) is 6.34. The number of hydrogen-bond acceptors (Lipinski definition) is 2. The van der Waals surface area contributed by atoms with E-state index >= 15 is 0 Å². The second kappa shape index (κ2) is 5.61. The Labute approximate surface area is 81.8 Å². The average molecular weight is 185 g/mol. The Balaban J connectivity index is 2.24. The van der Waals surface area contributed by atoms with Gasteiger partial charge in [-0.1, -0.05) is 19.8 Å². The van der Waals surface area contributed by atoms with Gasteiger partial charge in [0, 0.05) is 19.8 Å². The topological polar surface area (TPSA) is 35.2 Å². The maximum Gasteiger partial charge on any atom is 0.0464 e. The summed E-state index contributed by atoms with van der Waals surface area (Å²) in [6, 6.07) is 0.462. The van der Waals surface area contributed by atoms with Gasteiger partial charge in [0.05, 0.1) is 0 Å². The summed E-state index contributed by atoms with van der Waals surface area (Å²) < 4.78 is 5.10. The maximum atomic E-state index is 5.96. The van der Waals surface area contributed by atoms with E-state index in [0.717, 1.165) is 18.4 Å². The molecule has 0 spiro atoms. The molecule has 3 atom stereocenters. The lowest BCUT2D eigenvalue weighted by atomic mass is 9.78. The fraction of sp³-hybridized carbons (Fsp3) is 1.00. The number of methoxy groups -OCH3 is 1. The predicted octanol–water partition coefficient (Wildman–Crippen LogP) is 2.18. The van der Waals surface area contributed by atoms with Gasteiger partial charge in [-0.2, -0.15) is 0 Å². The van der Waals surface area contributed by atoms with Crippen molar-refractivity contribution in [3.05, 3.63) is 0 Å². The van der Waals surface area contributed by atoms with E-state index in [9.17, 15) is 0 Å². The molecule has 0 aromatic rings. The summed E-state index contributed by atoms with van der Waals surface area (Å²) in [7, 11) is 1.78. The molecule has 0 bridgehead atoms. The fourth-order valence-electron chi connectivity index (χ4n) is 2.32. The largest absolute Gasteiger partial charge is 0.385 e. The van der Waals surface area contributed by atoms with Crippen LogP contribution in [0.3, 0.4) is 0 Å². The van der Waals surface area contributed by atoms with E-state index in [0.29, 0.717) is 6.04 Å². The molecule has 1 aliphatic rings. The van der Waals surface area contributed by atoms with Crippen LogP contribution in [0.15, 0.2) is 0 Å². The van der Waals surface area contributed by atoms with Crippen molar-refractivity contribution in [1.29, 1.82) is 0 Å². The normalized spacial score (nSPS) is 31.6. The highest BCUT2D eigenvalue weighted by Crippen LogP contribution is 2.30. The average Bonchev–Trinajstić information content (AvgIpc) is 2.14. The van der Waals surface area contributed by atoms with Gasteiger partial charge in [-0.05, 0) is 31.1 Å². The minimum absolute atomic E-state index is 0.462. The minimum atomic E-state index is 0.462. The molecule has 1 fully saturated rings. The maximum absolute atomic E-state index is 5.96. The van der Waals surface area contributed by atoms with Gasteiger partial charge in [-0.3, -0.25) is 0 Å². The van der Waals surface area contributed by atoms with Gasteiger partial charge in [-0.15, -0.1) is 0 Å². The molecule has 1 aliphatic carbocycles. The van der Waals surface area contributed by atoms with E-state index < -0.39 is 0 Å². The summed E-state index contributed by atoms with van der Waals surface area (Å²) in [5.74, 6) is 1.63. The van der Waals surface area contributed by atoms with E-state index in [2.05, 4.69) is 6.92 Å². The van der Waals surface area contributed by atoms with Crippen LogP contribution in [0.5, 0.6) is 0 Å². The smallest absolute Gasteiger partial charge is 0.0464 e. The van der Waals surface area contributed by atoms with E-state index in [1.807, 2.05) is 0 Å². The van der Waals surface area contributed by atoms with Crippen LogP contribution in [-0.4, -0.2) is 19.8 Å². The van der Waals surface area contributed by atoms with Gasteiger partial charge in [0.25, 0.3) is 0 Å². The standard InChI is InChI=1S/C11H23NO/c1-9(6-7-13-2)10-4-3-5-11(12)8-10/h9-11H,3-8,12H2,1-2H3. The molecule has 0 heterocycles. The molecular formula is C11H23NO. The van der Waals surface area contributed by atoms with Gasteiger partial charge in [0.1, 0.15) is 0 Å². The van der Waals surface area contributed by atoms with Crippen molar-refractivity contribution >= 4 is 0 Å².